The highest BCUT2D eigenvalue weighted by Gasteiger charge is 2.36. The van der Waals surface area contributed by atoms with Crippen molar-refractivity contribution in [1.29, 1.82) is 0 Å². The highest BCUT2D eigenvalue weighted by atomic mass is 16.6. The van der Waals surface area contributed by atoms with Gasteiger partial charge >= 0.3 is 5.97 Å². The van der Waals surface area contributed by atoms with Crippen LogP contribution in [0.25, 0.3) is 11.1 Å². The van der Waals surface area contributed by atoms with Crippen molar-refractivity contribution >= 4 is 22.8 Å². The third-order valence-electron chi connectivity index (χ3n) is 3.37. The van der Waals surface area contributed by atoms with Crippen molar-refractivity contribution in [2.45, 2.75) is 12.8 Å². The van der Waals surface area contributed by atoms with Gasteiger partial charge in [-0.25, -0.2) is 4.98 Å². The monoisotopic (exact) mass is 327 g/mol. The van der Waals surface area contributed by atoms with E-state index in [1.165, 1.54) is 18.3 Å². The first-order valence-electron chi connectivity index (χ1n) is 7.23. The molecule has 122 valence electrons. The Labute approximate surface area is 136 Å². The van der Waals surface area contributed by atoms with E-state index in [1.807, 2.05) is 0 Å². The Hall–Kier alpha value is -3.29. The van der Waals surface area contributed by atoms with Crippen LogP contribution in [0.15, 0.2) is 47.0 Å². The Bertz CT molecular complexity index is 872. The summed E-state index contributed by atoms with van der Waals surface area (Å²) in [6, 6.07) is 9.66. The number of benzene rings is 1. The van der Waals surface area contributed by atoms with Gasteiger partial charge in [0.15, 0.2) is 11.5 Å². The smallest absolute Gasteiger partial charge is 0.324 e. The van der Waals surface area contributed by atoms with Gasteiger partial charge in [0.1, 0.15) is 11.2 Å². The van der Waals surface area contributed by atoms with Gasteiger partial charge in [-0.2, -0.15) is 0 Å². The van der Waals surface area contributed by atoms with Crippen LogP contribution < -0.4 is 0 Å². The molecular formula is C16H13N3O5. The van der Waals surface area contributed by atoms with Gasteiger partial charge in [0.2, 0.25) is 5.89 Å². The molecule has 0 fully saturated rings. The lowest BCUT2D eigenvalue weighted by atomic mass is 10.0. The number of oxazole rings is 1. The van der Waals surface area contributed by atoms with Crippen molar-refractivity contribution < 1.29 is 18.9 Å². The molecule has 0 N–H and O–H groups in total. The van der Waals surface area contributed by atoms with Gasteiger partial charge in [0.25, 0.3) is 5.69 Å². The topological polar surface area (TPSA) is 108 Å². The Morgan fingerprint density at radius 1 is 1.33 bits per heavy atom. The molecule has 0 spiro atoms. The fourth-order valence-electron chi connectivity index (χ4n) is 2.35. The second kappa shape index (κ2) is 6.45. The van der Waals surface area contributed by atoms with E-state index >= 15 is 0 Å². The summed E-state index contributed by atoms with van der Waals surface area (Å²) in [6.45, 7) is 1.77. The molecule has 3 rings (SSSR count). The fourth-order valence-corrected chi connectivity index (χ4v) is 2.35. The average molecular weight is 327 g/mol. The molecule has 0 saturated heterocycles. The summed E-state index contributed by atoms with van der Waals surface area (Å²) >= 11 is 0. The van der Waals surface area contributed by atoms with Crippen molar-refractivity contribution in [2.75, 3.05) is 6.61 Å². The lowest BCUT2D eigenvalue weighted by molar-refractivity contribution is -0.386. The minimum absolute atomic E-state index is 0.0106. The van der Waals surface area contributed by atoms with E-state index in [1.54, 1.807) is 31.2 Å². The van der Waals surface area contributed by atoms with Gasteiger partial charge < -0.3 is 9.15 Å². The Morgan fingerprint density at radius 2 is 2.12 bits per heavy atom. The number of aromatic nitrogens is 2. The molecular weight excluding hydrogens is 314 g/mol. The summed E-state index contributed by atoms with van der Waals surface area (Å²) in [4.78, 5) is 31.4. The largest absolute Gasteiger partial charge is 0.465 e. The van der Waals surface area contributed by atoms with Gasteiger partial charge in [-0.1, -0.05) is 12.1 Å². The number of rotatable bonds is 5. The number of ether oxygens (including phenoxy) is 1. The lowest BCUT2D eigenvalue weighted by Crippen LogP contribution is -2.20. The number of para-hydroxylation sites is 2. The van der Waals surface area contributed by atoms with Crippen LogP contribution in [0.1, 0.15) is 24.4 Å². The maximum Gasteiger partial charge on any atom is 0.324 e. The number of nitrogens with zero attached hydrogens (tertiary/aromatic N) is 3. The van der Waals surface area contributed by atoms with E-state index in [4.69, 9.17) is 9.15 Å². The van der Waals surface area contributed by atoms with Crippen LogP contribution in [0.5, 0.6) is 0 Å². The van der Waals surface area contributed by atoms with Crippen molar-refractivity contribution in [3.8, 4) is 0 Å². The van der Waals surface area contributed by atoms with E-state index in [9.17, 15) is 14.9 Å². The molecule has 0 aliphatic heterocycles. The molecule has 2 aromatic heterocycles. The standard InChI is InChI=1S/C16H13N3O5/c1-2-23-16(20)13(14-11(19(21)22)7-5-9-17-14)15-18-10-6-3-4-8-12(10)24-15/h3-9,13H,2H2,1H3/t13-/m0/s1. The van der Waals surface area contributed by atoms with Crippen molar-refractivity contribution in [3.63, 3.8) is 0 Å². The summed E-state index contributed by atoms with van der Waals surface area (Å²) in [5, 5.41) is 11.3. The first-order valence-corrected chi connectivity index (χ1v) is 7.23. The molecule has 0 bridgehead atoms. The van der Waals surface area contributed by atoms with Gasteiger partial charge in [-0.05, 0) is 25.1 Å². The number of fused-ring (bicyclic) bond motifs is 1. The zero-order chi connectivity index (χ0) is 17.1. The second-order valence-corrected chi connectivity index (χ2v) is 4.87. The Kier molecular flexibility index (Phi) is 4.19. The minimum atomic E-state index is -1.21. The predicted octanol–water partition coefficient (Wildman–Crippen LogP) is 2.83. The van der Waals surface area contributed by atoms with E-state index < -0.39 is 16.8 Å². The highest BCUT2D eigenvalue weighted by Crippen LogP contribution is 2.32. The molecule has 0 radical (unpaired) electrons. The SMILES string of the molecule is CCOC(=O)[C@H](c1nc2ccccc2o1)c1ncccc1[N+](=O)[O-]. The first-order chi connectivity index (χ1) is 11.6. The zero-order valence-electron chi connectivity index (χ0n) is 12.7. The molecule has 1 aromatic carbocycles. The van der Waals surface area contributed by atoms with E-state index in [0.717, 1.165) is 0 Å². The maximum absolute atomic E-state index is 12.4. The second-order valence-electron chi connectivity index (χ2n) is 4.87. The molecule has 0 aliphatic rings. The molecule has 0 aliphatic carbocycles. The number of nitro groups is 1. The molecule has 3 aromatic rings. The van der Waals surface area contributed by atoms with Crippen LogP contribution in [0.4, 0.5) is 5.69 Å². The van der Waals surface area contributed by atoms with Crippen LogP contribution in [0.2, 0.25) is 0 Å². The number of carbonyl (C=O) groups is 1. The molecule has 8 nitrogen and oxygen atoms in total. The molecule has 0 amide bonds. The lowest BCUT2D eigenvalue weighted by Gasteiger charge is -2.11. The van der Waals surface area contributed by atoms with Crippen LogP contribution in [-0.4, -0.2) is 27.5 Å². The predicted molar refractivity (Wildman–Crippen MR) is 83.4 cm³/mol. The van der Waals surface area contributed by atoms with Crippen molar-refractivity contribution in [3.05, 3.63) is 64.3 Å². The molecule has 1 atom stereocenters. The number of pyridine rings is 1. The minimum Gasteiger partial charge on any atom is -0.465 e. The molecule has 0 unspecified atom stereocenters. The summed E-state index contributed by atoms with van der Waals surface area (Å²) in [5.74, 6) is -1.90. The summed E-state index contributed by atoms with van der Waals surface area (Å²) < 4.78 is 10.7. The van der Waals surface area contributed by atoms with Crippen LogP contribution in [-0.2, 0) is 9.53 Å². The van der Waals surface area contributed by atoms with Gasteiger partial charge in [-0.3, -0.25) is 19.9 Å². The van der Waals surface area contributed by atoms with E-state index in [0.29, 0.717) is 11.1 Å². The zero-order valence-corrected chi connectivity index (χ0v) is 12.7. The molecule has 0 saturated carbocycles. The van der Waals surface area contributed by atoms with Gasteiger partial charge in [0, 0.05) is 12.3 Å². The van der Waals surface area contributed by atoms with E-state index in [-0.39, 0.29) is 23.9 Å². The number of hydrogen-bond donors (Lipinski definition) is 0. The van der Waals surface area contributed by atoms with Crippen LogP contribution >= 0.6 is 0 Å². The first kappa shape index (κ1) is 15.6. The molecule has 2 heterocycles. The van der Waals surface area contributed by atoms with Crippen LogP contribution in [0, 0.1) is 10.1 Å². The number of carbonyl (C=O) groups excluding carboxylic acids is 1. The van der Waals surface area contributed by atoms with E-state index in [2.05, 4.69) is 9.97 Å². The third kappa shape index (κ3) is 2.81. The Morgan fingerprint density at radius 3 is 2.83 bits per heavy atom. The number of hydrogen-bond acceptors (Lipinski definition) is 7. The van der Waals surface area contributed by atoms with Crippen molar-refractivity contribution in [2.24, 2.45) is 0 Å². The number of esters is 1. The van der Waals surface area contributed by atoms with Gasteiger partial charge in [-0.15, -0.1) is 0 Å². The quantitative estimate of drug-likeness (QED) is 0.402. The third-order valence-corrected chi connectivity index (χ3v) is 3.37. The Balaban J connectivity index is 2.17. The summed E-state index contributed by atoms with van der Waals surface area (Å²) in [5.41, 5.74) is 0.658. The average Bonchev–Trinajstić information content (AvgIpc) is 2.99. The summed E-state index contributed by atoms with van der Waals surface area (Å²) in [7, 11) is 0. The maximum atomic E-state index is 12.4. The molecule has 8 heteroatoms. The van der Waals surface area contributed by atoms with Crippen LogP contribution in [0.3, 0.4) is 0 Å². The summed E-state index contributed by atoms with van der Waals surface area (Å²) in [6.07, 6.45) is 1.37. The normalized spacial score (nSPS) is 12.0. The fraction of sp³-hybridized carbons (Fsp3) is 0.188. The highest BCUT2D eigenvalue weighted by molar-refractivity contribution is 5.83. The van der Waals surface area contributed by atoms with Gasteiger partial charge in [0.05, 0.1) is 11.5 Å². The van der Waals surface area contributed by atoms with Crippen molar-refractivity contribution in [1.82, 2.24) is 9.97 Å². The molecule has 24 heavy (non-hydrogen) atoms.